The molecule has 5 rings (SSSR count). The van der Waals surface area contributed by atoms with Crippen LogP contribution in [0.2, 0.25) is 0 Å². The molecule has 15 heteroatoms. The van der Waals surface area contributed by atoms with E-state index in [1.807, 2.05) is 18.2 Å². The summed E-state index contributed by atoms with van der Waals surface area (Å²) in [5, 5.41) is 17.4. The van der Waals surface area contributed by atoms with Crippen LogP contribution in [-0.2, 0) is 9.59 Å². The smallest absolute Gasteiger partial charge is 0.490 e. The highest BCUT2D eigenvalue weighted by molar-refractivity contribution is 6.18. The van der Waals surface area contributed by atoms with Gasteiger partial charge >= 0.3 is 18.1 Å². The number of benzene rings is 3. The van der Waals surface area contributed by atoms with Crippen LogP contribution in [0.25, 0.3) is 10.8 Å². The van der Waals surface area contributed by atoms with Crippen molar-refractivity contribution < 1.29 is 56.8 Å². The molecule has 1 fully saturated rings. The van der Waals surface area contributed by atoms with Gasteiger partial charge in [-0.15, -0.1) is 0 Å². The maximum Gasteiger partial charge on any atom is 0.490 e. The number of ether oxygens (including phenoxy) is 3. The van der Waals surface area contributed by atoms with Crippen molar-refractivity contribution in [3.05, 3.63) is 89.7 Å². The number of halogens is 3. The number of hydrogen-bond acceptors (Lipinski definition) is 9. The number of aromatic carboxylic acids is 1. The monoisotopic (exact) mass is 669 g/mol. The van der Waals surface area contributed by atoms with E-state index in [1.54, 1.807) is 29.2 Å². The van der Waals surface area contributed by atoms with Gasteiger partial charge < -0.3 is 34.2 Å². The molecule has 12 nitrogen and oxygen atoms in total. The molecule has 0 bridgehead atoms. The molecule has 0 radical (unpaired) electrons. The second-order valence-electron chi connectivity index (χ2n) is 10.2. The summed E-state index contributed by atoms with van der Waals surface area (Å²) < 4.78 is 48.2. The minimum atomic E-state index is -5.08. The second-order valence-corrected chi connectivity index (χ2v) is 10.2. The maximum absolute atomic E-state index is 13.6. The number of nitrogens with zero attached hydrogens (tertiary/aromatic N) is 3. The third-order valence-electron chi connectivity index (χ3n) is 7.29. The highest BCUT2D eigenvalue weighted by Gasteiger charge is 2.38. The van der Waals surface area contributed by atoms with Crippen LogP contribution in [0.4, 0.5) is 18.9 Å². The highest BCUT2D eigenvalue weighted by atomic mass is 19.4. The molecule has 0 unspecified atom stereocenters. The molecular weight excluding hydrogens is 639 g/mol. The first-order chi connectivity index (χ1) is 22.8. The number of carbonyl (C=O) groups is 4. The molecular formula is C33H30F3N3O9. The fraction of sp³-hybridized carbons (Fsp3) is 0.242. The molecule has 2 heterocycles. The van der Waals surface area contributed by atoms with Gasteiger partial charge in [0.05, 0.1) is 19.8 Å². The summed E-state index contributed by atoms with van der Waals surface area (Å²) >= 11 is 0. The average Bonchev–Trinajstić information content (AvgIpc) is 3.09. The van der Waals surface area contributed by atoms with Gasteiger partial charge in [0.15, 0.2) is 18.1 Å². The summed E-state index contributed by atoms with van der Waals surface area (Å²) in [5.74, 6) is -3.49. The molecule has 252 valence electrons. The van der Waals surface area contributed by atoms with E-state index in [0.29, 0.717) is 41.1 Å². The standard InChI is InChI=1S/C31H29N3O7.C2HF3O2/c1-39-26-16-23-24(17-27(26)40-2)29(32-18-25(23)31(37)38)30(36)20-7-6-10-22(15-20)41-19-28(35)34-13-11-33(12-14-34)21-8-4-3-5-9-21;3-2(4,5)1(6)7/h3-10,15-18H,11-14,19H2,1-2H3,(H,37,38);(H,6,7). The van der Waals surface area contributed by atoms with Gasteiger partial charge in [-0.25, -0.2) is 9.59 Å². The molecule has 1 aromatic heterocycles. The van der Waals surface area contributed by atoms with E-state index in [-0.39, 0.29) is 29.3 Å². The number of carboxylic acids is 2. The molecule has 1 aliphatic heterocycles. The number of aromatic nitrogens is 1. The Balaban J connectivity index is 0.000000671. The number of piperazine rings is 1. The van der Waals surface area contributed by atoms with Crippen molar-refractivity contribution in [1.29, 1.82) is 0 Å². The molecule has 2 N–H and O–H groups in total. The van der Waals surface area contributed by atoms with Gasteiger partial charge in [0, 0.05) is 54.4 Å². The first kappa shape index (κ1) is 35.0. The molecule has 0 spiro atoms. The summed E-state index contributed by atoms with van der Waals surface area (Å²) in [4.78, 5) is 55.3. The number of fused-ring (bicyclic) bond motifs is 1. The van der Waals surface area contributed by atoms with Crippen molar-refractivity contribution in [2.24, 2.45) is 0 Å². The number of methoxy groups -OCH3 is 2. The SMILES string of the molecule is COc1cc2c(C(=O)O)cnc(C(=O)c3cccc(OCC(=O)N4CCN(c5ccccc5)CC4)c3)c2cc1OC.O=C(O)C(F)(F)F. The zero-order valence-electron chi connectivity index (χ0n) is 25.7. The maximum atomic E-state index is 13.6. The van der Waals surface area contributed by atoms with Crippen LogP contribution >= 0.6 is 0 Å². The molecule has 48 heavy (non-hydrogen) atoms. The molecule has 0 aliphatic carbocycles. The number of alkyl halides is 3. The van der Waals surface area contributed by atoms with E-state index in [2.05, 4.69) is 22.0 Å². The van der Waals surface area contributed by atoms with E-state index < -0.39 is 23.9 Å². The predicted molar refractivity (Wildman–Crippen MR) is 166 cm³/mol. The Morgan fingerprint density at radius 3 is 2.00 bits per heavy atom. The van der Waals surface area contributed by atoms with Crippen LogP contribution in [0.15, 0.2) is 72.9 Å². The largest absolute Gasteiger partial charge is 0.493 e. The van der Waals surface area contributed by atoms with Crippen LogP contribution in [-0.4, -0.2) is 96.9 Å². The number of anilines is 1. The lowest BCUT2D eigenvalue weighted by atomic mass is 9.99. The van der Waals surface area contributed by atoms with Gasteiger partial charge in [0.25, 0.3) is 5.91 Å². The highest BCUT2D eigenvalue weighted by Crippen LogP contribution is 2.35. The Labute approximate surface area is 271 Å². The number of rotatable bonds is 9. The Kier molecular flexibility index (Phi) is 11.0. The number of carbonyl (C=O) groups excluding carboxylic acids is 2. The minimum absolute atomic E-state index is 0.0514. The summed E-state index contributed by atoms with van der Waals surface area (Å²) in [6.45, 7) is 2.49. The lowest BCUT2D eigenvalue weighted by Gasteiger charge is -2.36. The topological polar surface area (TPSA) is 156 Å². The van der Waals surface area contributed by atoms with Gasteiger partial charge in [-0.05, 0) is 36.4 Å². The molecule has 0 atom stereocenters. The van der Waals surface area contributed by atoms with E-state index in [9.17, 15) is 32.7 Å². The van der Waals surface area contributed by atoms with E-state index >= 15 is 0 Å². The van der Waals surface area contributed by atoms with E-state index in [4.69, 9.17) is 24.1 Å². The van der Waals surface area contributed by atoms with Crippen molar-refractivity contribution in [3.8, 4) is 17.2 Å². The van der Waals surface area contributed by atoms with Gasteiger partial charge in [0.2, 0.25) is 5.78 Å². The van der Waals surface area contributed by atoms with Crippen LogP contribution in [0.3, 0.4) is 0 Å². The third-order valence-corrected chi connectivity index (χ3v) is 7.29. The molecule has 4 aromatic rings. The average molecular weight is 670 g/mol. The molecule has 0 saturated carbocycles. The number of hydrogen-bond donors (Lipinski definition) is 2. The molecule has 1 aliphatic rings. The van der Waals surface area contributed by atoms with Gasteiger partial charge in [-0.2, -0.15) is 13.2 Å². The number of para-hydroxylation sites is 1. The lowest BCUT2D eigenvalue weighted by molar-refractivity contribution is -0.192. The number of pyridine rings is 1. The zero-order valence-corrected chi connectivity index (χ0v) is 25.7. The predicted octanol–water partition coefficient (Wildman–Crippen LogP) is 4.54. The number of ketones is 1. The molecule has 3 aromatic carbocycles. The zero-order chi connectivity index (χ0) is 35.0. The first-order valence-electron chi connectivity index (χ1n) is 14.3. The first-order valence-corrected chi connectivity index (χ1v) is 14.3. The van der Waals surface area contributed by atoms with E-state index in [0.717, 1.165) is 25.0 Å². The summed E-state index contributed by atoms with van der Waals surface area (Å²) in [7, 11) is 2.89. The van der Waals surface area contributed by atoms with Crippen LogP contribution in [0, 0.1) is 0 Å². The van der Waals surface area contributed by atoms with E-state index in [1.165, 1.54) is 26.4 Å². The van der Waals surface area contributed by atoms with Gasteiger partial charge in [0.1, 0.15) is 11.4 Å². The fourth-order valence-electron chi connectivity index (χ4n) is 4.87. The molecule has 1 saturated heterocycles. The van der Waals surface area contributed by atoms with Gasteiger partial charge in [-0.1, -0.05) is 30.3 Å². The van der Waals surface area contributed by atoms with Crippen LogP contribution in [0.1, 0.15) is 26.4 Å². The second kappa shape index (κ2) is 15.2. The number of amides is 1. The van der Waals surface area contributed by atoms with Crippen molar-refractivity contribution in [2.45, 2.75) is 6.18 Å². The normalized spacial score (nSPS) is 12.9. The Bertz CT molecular complexity index is 1810. The van der Waals surface area contributed by atoms with Crippen LogP contribution in [0.5, 0.6) is 17.2 Å². The summed E-state index contributed by atoms with van der Waals surface area (Å²) in [5.41, 5.74) is 1.39. The Morgan fingerprint density at radius 1 is 0.833 bits per heavy atom. The van der Waals surface area contributed by atoms with Crippen LogP contribution < -0.4 is 19.1 Å². The Hall–Kier alpha value is -5.86. The van der Waals surface area contributed by atoms with Crippen molar-refractivity contribution in [1.82, 2.24) is 9.88 Å². The molecule has 1 amide bonds. The Morgan fingerprint density at radius 2 is 1.44 bits per heavy atom. The number of aliphatic carboxylic acids is 1. The summed E-state index contributed by atoms with van der Waals surface area (Å²) in [6, 6.07) is 19.6. The summed E-state index contributed by atoms with van der Waals surface area (Å²) in [6.07, 6.45) is -3.93. The van der Waals surface area contributed by atoms with Crippen molar-refractivity contribution >= 4 is 40.1 Å². The lowest BCUT2D eigenvalue weighted by Crippen LogP contribution is -2.50. The quantitative estimate of drug-likeness (QED) is 0.241. The fourth-order valence-corrected chi connectivity index (χ4v) is 4.87. The van der Waals surface area contributed by atoms with Crippen molar-refractivity contribution in [3.63, 3.8) is 0 Å². The third kappa shape index (κ3) is 8.29. The van der Waals surface area contributed by atoms with Gasteiger partial charge in [-0.3, -0.25) is 14.6 Å². The van der Waals surface area contributed by atoms with Crippen molar-refractivity contribution in [2.75, 3.05) is 51.9 Å². The minimum Gasteiger partial charge on any atom is -0.493 e. The number of carboxylic acid groups (broad SMARTS) is 2.